The van der Waals surface area contributed by atoms with Crippen LogP contribution in [0.4, 0.5) is 0 Å². The van der Waals surface area contributed by atoms with Crippen LogP contribution in [0.1, 0.15) is 94.1 Å². The number of carbonyl (C=O) groups is 4. The molecule has 7 rings (SSSR count). The van der Waals surface area contributed by atoms with E-state index in [1.54, 1.807) is 23.5 Å². The summed E-state index contributed by atoms with van der Waals surface area (Å²) in [6.07, 6.45) is 3.45. The van der Waals surface area contributed by atoms with E-state index in [-0.39, 0.29) is 53.0 Å². The van der Waals surface area contributed by atoms with Crippen LogP contribution in [-0.4, -0.2) is 106 Å². The molecule has 0 radical (unpaired) electrons. The summed E-state index contributed by atoms with van der Waals surface area (Å²) >= 11 is 9.01. The molecule has 0 spiro atoms. The average molecular weight is 929 g/mol. The highest BCUT2D eigenvalue weighted by Gasteiger charge is 2.55. The lowest BCUT2D eigenvalue weighted by Crippen LogP contribution is -2.57. The lowest BCUT2D eigenvalue weighted by Gasteiger charge is -2.35. The van der Waals surface area contributed by atoms with Crippen molar-refractivity contribution in [3.63, 3.8) is 0 Å². The molecule has 4 N–H and O–H groups in total. The normalized spacial score (nSPS) is 24.7. The van der Waals surface area contributed by atoms with E-state index in [9.17, 15) is 19.2 Å². The monoisotopic (exact) mass is 928 g/mol. The Kier molecular flexibility index (Phi) is 16.1. The standard InChI is InChI=1S/C49H64N6O6S3/c1-48(2)25-41-54(40(56)17-12-23-63-41)43(48)45(57)52-37(34-13-8-6-9-14-34)30-60-28-32-18-20-33(21-19-32)29-61-31-38(35-15-10-7-11-16-35)53-46(58)44-49(3,4)26-42-55(44)47(59)36(22-24-64-42)51-39(62)27-50-5/h6-11,13-16,18-21,36-38,41-44,50H,12,17,22-31H2,1-5H3,(H,51,62)(H,52,57)(H,53,58)/t36-,37+,38+,41-,42-,43+,44+/m0/s1. The Bertz CT molecular complexity index is 2090. The van der Waals surface area contributed by atoms with Crippen LogP contribution in [0.25, 0.3) is 0 Å². The molecule has 7 atom stereocenters. The molecule has 3 aromatic carbocycles. The molecule has 4 heterocycles. The minimum absolute atomic E-state index is 0.0201. The van der Waals surface area contributed by atoms with Gasteiger partial charge in [0.15, 0.2) is 0 Å². The second-order valence-corrected chi connectivity index (χ2v) is 21.8. The van der Waals surface area contributed by atoms with Crippen molar-refractivity contribution < 1.29 is 28.7 Å². The summed E-state index contributed by atoms with van der Waals surface area (Å²) in [4.78, 5) is 60.1. The van der Waals surface area contributed by atoms with Crippen molar-refractivity contribution in [1.29, 1.82) is 0 Å². The van der Waals surface area contributed by atoms with Gasteiger partial charge in [0, 0.05) is 13.0 Å². The first-order valence-electron chi connectivity index (χ1n) is 22.5. The first-order valence-corrected chi connectivity index (χ1v) is 25.0. The predicted octanol–water partition coefficient (Wildman–Crippen LogP) is 6.51. The third-order valence-corrected chi connectivity index (χ3v) is 15.6. The first kappa shape index (κ1) is 48.0. The van der Waals surface area contributed by atoms with Crippen molar-refractivity contribution in [3.8, 4) is 0 Å². The maximum absolute atomic E-state index is 14.4. The Hall–Kier alpha value is -3.99. The third-order valence-electron chi connectivity index (χ3n) is 12.8. The summed E-state index contributed by atoms with van der Waals surface area (Å²) in [5.74, 6) is 1.36. The topological polar surface area (TPSA) is 141 Å². The Morgan fingerprint density at radius 3 is 1.73 bits per heavy atom. The number of rotatable bonds is 17. The van der Waals surface area contributed by atoms with Gasteiger partial charge in [-0.2, -0.15) is 0 Å². The summed E-state index contributed by atoms with van der Waals surface area (Å²) in [6.45, 7) is 9.96. The number of hydrogen-bond acceptors (Lipinski definition) is 10. The van der Waals surface area contributed by atoms with Crippen LogP contribution in [-0.2, 0) is 41.9 Å². The second-order valence-electron chi connectivity index (χ2n) is 18.7. The number of carbonyl (C=O) groups excluding carboxylic acids is 4. The van der Waals surface area contributed by atoms with Crippen LogP contribution in [0.2, 0.25) is 0 Å². The van der Waals surface area contributed by atoms with E-state index in [4.69, 9.17) is 21.7 Å². The van der Waals surface area contributed by atoms with Crippen LogP contribution in [0.3, 0.4) is 0 Å². The molecule has 344 valence electrons. The quantitative estimate of drug-likeness (QED) is 0.110. The summed E-state index contributed by atoms with van der Waals surface area (Å²) in [7, 11) is 1.82. The smallest absolute Gasteiger partial charge is 0.246 e. The molecule has 0 unspecified atom stereocenters. The fraction of sp³-hybridized carbons (Fsp3) is 0.531. The van der Waals surface area contributed by atoms with Crippen LogP contribution >= 0.6 is 35.7 Å². The van der Waals surface area contributed by atoms with Crippen molar-refractivity contribution in [2.75, 3.05) is 38.3 Å². The molecule has 4 aliphatic heterocycles. The van der Waals surface area contributed by atoms with Gasteiger partial charge in [-0.1, -0.05) is 125 Å². The highest BCUT2D eigenvalue weighted by atomic mass is 32.2. The molecule has 4 aliphatic rings. The molecular formula is C49H64N6O6S3. The van der Waals surface area contributed by atoms with Gasteiger partial charge < -0.3 is 40.5 Å². The van der Waals surface area contributed by atoms with E-state index >= 15 is 0 Å². The maximum atomic E-state index is 14.4. The van der Waals surface area contributed by atoms with Gasteiger partial charge in [0.05, 0.1) is 54.2 Å². The van der Waals surface area contributed by atoms with Crippen molar-refractivity contribution in [3.05, 3.63) is 107 Å². The fourth-order valence-corrected chi connectivity index (χ4v) is 13.0. The van der Waals surface area contributed by atoms with Gasteiger partial charge in [0.2, 0.25) is 23.6 Å². The van der Waals surface area contributed by atoms with E-state index in [1.807, 2.05) is 102 Å². The van der Waals surface area contributed by atoms with Crippen LogP contribution in [0.5, 0.6) is 0 Å². The molecule has 15 heteroatoms. The number of thioether (sulfide) groups is 2. The number of nitrogens with zero attached hydrogens (tertiary/aromatic N) is 2. The van der Waals surface area contributed by atoms with Crippen molar-refractivity contribution in [2.45, 2.75) is 114 Å². The lowest BCUT2D eigenvalue weighted by molar-refractivity contribution is -0.142. The number of fused-ring (bicyclic) bond motifs is 2. The van der Waals surface area contributed by atoms with Gasteiger partial charge in [0.1, 0.15) is 18.1 Å². The van der Waals surface area contributed by atoms with Crippen molar-refractivity contribution in [1.82, 2.24) is 31.1 Å². The van der Waals surface area contributed by atoms with Gasteiger partial charge in [-0.25, -0.2) is 0 Å². The van der Waals surface area contributed by atoms with E-state index < -0.39 is 35.6 Å². The van der Waals surface area contributed by atoms with Gasteiger partial charge >= 0.3 is 0 Å². The number of benzene rings is 3. The Morgan fingerprint density at radius 1 is 0.734 bits per heavy atom. The molecule has 0 saturated carbocycles. The second kappa shape index (κ2) is 21.5. The molecule has 0 aliphatic carbocycles. The van der Waals surface area contributed by atoms with Gasteiger partial charge in [-0.05, 0) is 77.3 Å². The first-order chi connectivity index (χ1) is 30.8. The molecular weight excluding hydrogens is 865 g/mol. The van der Waals surface area contributed by atoms with E-state index in [1.165, 1.54) is 0 Å². The SMILES string of the molecule is CNCC(=S)N[C@H]1CCS[C@H]2CC(C)(C)[C@@H](C(=O)N[C@H](COCc3ccc(COC[C@@H](NC(=O)[C@H]4N5C(=O)CCCS[C@H]5CC4(C)C)c4ccccc4)cc3)c3ccccc3)N2C1=O. The number of thiocarbonyl (C=S) groups is 1. The predicted molar refractivity (Wildman–Crippen MR) is 258 cm³/mol. The van der Waals surface area contributed by atoms with Gasteiger partial charge in [-0.3, -0.25) is 19.2 Å². The highest BCUT2D eigenvalue weighted by molar-refractivity contribution is 8.00. The minimum Gasteiger partial charge on any atom is -0.374 e. The summed E-state index contributed by atoms with van der Waals surface area (Å²) in [5.41, 5.74) is 3.00. The fourth-order valence-electron chi connectivity index (χ4n) is 9.59. The minimum atomic E-state index is -0.658. The van der Waals surface area contributed by atoms with Crippen molar-refractivity contribution in [2.24, 2.45) is 10.8 Å². The Labute approximate surface area is 392 Å². The number of nitrogens with one attached hydrogen (secondary N) is 4. The lowest BCUT2D eigenvalue weighted by atomic mass is 9.83. The number of hydrogen-bond donors (Lipinski definition) is 4. The third kappa shape index (κ3) is 11.5. The molecule has 0 bridgehead atoms. The average Bonchev–Trinajstić information content (AvgIpc) is 3.57. The summed E-state index contributed by atoms with van der Waals surface area (Å²) in [5, 5.41) is 12.8. The van der Waals surface area contributed by atoms with Crippen LogP contribution in [0, 0.1) is 10.8 Å². The Balaban J connectivity index is 0.952. The zero-order valence-corrected chi connectivity index (χ0v) is 40.1. The van der Waals surface area contributed by atoms with Gasteiger partial charge in [-0.15, -0.1) is 23.5 Å². The Morgan fingerprint density at radius 2 is 1.22 bits per heavy atom. The molecule has 3 aromatic rings. The zero-order valence-electron chi connectivity index (χ0n) is 37.7. The van der Waals surface area contributed by atoms with E-state index in [0.29, 0.717) is 44.0 Å². The highest BCUT2D eigenvalue weighted by Crippen LogP contribution is 2.48. The molecule has 12 nitrogen and oxygen atoms in total. The number of likely N-dealkylation sites (N-methyl/N-ethyl adjacent to an activating group) is 1. The maximum Gasteiger partial charge on any atom is 0.246 e. The summed E-state index contributed by atoms with van der Waals surface area (Å²) < 4.78 is 12.6. The molecule has 64 heavy (non-hydrogen) atoms. The molecule has 4 amide bonds. The largest absolute Gasteiger partial charge is 0.374 e. The van der Waals surface area contributed by atoms with Gasteiger partial charge in [0.25, 0.3) is 0 Å². The number of ether oxygens (including phenoxy) is 2. The molecule has 4 fully saturated rings. The zero-order chi connectivity index (χ0) is 45.4. The molecule has 4 saturated heterocycles. The van der Waals surface area contributed by atoms with E-state index in [2.05, 4.69) is 49.0 Å². The van der Waals surface area contributed by atoms with Crippen LogP contribution < -0.4 is 21.3 Å². The van der Waals surface area contributed by atoms with E-state index in [0.717, 1.165) is 46.6 Å². The molecule has 0 aromatic heterocycles. The summed E-state index contributed by atoms with van der Waals surface area (Å²) in [6, 6.07) is 25.2. The number of amides is 4. The van der Waals surface area contributed by atoms with Crippen molar-refractivity contribution >= 4 is 64.4 Å². The van der Waals surface area contributed by atoms with Crippen LogP contribution in [0.15, 0.2) is 84.9 Å².